The molecule has 1 unspecified atom stereocenters. The van der Waals surface area contributed by atoms with Crippen LogP contribution < -0.4 is 9.47 Å². The van der Waals surface area contributed by atoms with Crippen LogP contribution >= 0.6 is 0 Å². The number of carbonyl (C=O) groups excluding carboxylic acids is 1. The lowest BCUT2D eigenvalue weighted by Gasteiger charge is -2.17. The van der Waals surface area contributed by atoms with Gasteiger partial charge in [-0.1, -0.05) is 12.1 Å². The van der Waals surface area contributed by atoms with Gasteiger partial charge in [-0.2, -0.15) is 0 Å². The molecule has 25 heavy (non-hydrogen) atoms. The van der Waals surface area contributed by atoms with Gasteiger partial charge in [0.1, 0.15) is 11.6 Å². The van der Waals surface area contributed by atoms with Crippen molar-refractivity contribution in [2.24, 2.45) is 0 Å². The summed E-state index contributed by atoms with van der Waals surface area (Å²) in [6.07, 6.45) is 0.553. The average Bonchev–Trinajstić information content (AvgIpc) is 3.26. The molecule has 4 nitrogen and oxygen atoms in total. The van der Waals surface area contributed by atoms with E-state index in [1.165, 1.54) is 18.2 Å². The topological polar surface area (TPSA) is 38.8 Å². The van der Waals surface area contributed by atoms with E-state index in [2.05, 4.69) is 0 Å². The van der Waals surface area contributed by atoms with Gasteiger partial charge in [-0.25, -0.2) is 8.78 Å². The summed E-state index contributed by atoms with van der Waals surface area (Å²) in [7, 11) is 0. The first-order valence-electron chi connectivity index (χ1n) is 8.22. The molecule has 0 aliphatic carbocycles. The number of likely N-dealkylation sites (tertiary alicyclic amines) is 1. The lowest BCUT2D eigenvalue weighted by molar-refractivity contribution is -0.129. The van der Waals surface area contributed by atoms with Crippen molar-refractivity contribution < 1.29 is 23.0 Å². The molecule has 4 rings (SSSR count). The second-order valence-corrected chi connectivity index (χ2v) is 6.32. The first-order valence-corrected chi connectivity index (χ1v) is 8.22. The van der Waals surface area contributed by atoms with Gasteiger partial charge in [-0.15, -0.1) is 0 Å². The molecule has 0 saturated carbocycles. The average molecular weight is 345 g/mol. The third-order valence-electron chi connectivity index (χ3n) is 4.80. The highest BCUT2D eigenvalue weighted by Crippen LogP contribution is 2.37. The van der Waals surface area contributed by atoms with Crippen LogP contribution in [0.5, 0.6) is 11.5 Å². The maximum Gasteiger partial charge on any atom is 0.231 e. The quantitative estimate of drug-likeness (QED) is 0.857. The normalized spacial score (nSPS) is 18.6. The SMILES string of the molecule is O=C(Cc1c(F)cccc1F)N1CCC(c2ccc3c(c2)OCO3)C1. The Morgan fingerprint density at radius 1 is 1.12 bits per heavy atom. The van der Waals surface area contributed by atoms with E-state index in [1.807, 2.05) is 18.2 Å². The number of carbonyl (C=O) groups is 1. The zero-order chi connectivity index (χ0) is 17.4. The van der Waals surface area contributed by atoms with E-state index in [9.17, 15) is 13.6 Å². The number of fused-ring (bicyclic) bond motifs is 1. The van der Waals surface area contributed by atoms with Crippen LogP contribution in [0.2, 0.25) is 0 Å². The molecule has 0 spiro atoms. The molecular formula is C19H17F2NO3. The van der Waals surface area contributed by atoms with E-state index in [0.29, 0.717) is 13.1 Å². The summed E-state index contributed by atoms with van der Waals surface area (Å²) in [6, 6.07) is 9.43. The Bertz CT molecular complexity index is 804. The van der Waals surface area contributed by atoms with Crippen LogP contribution in [0.4, 0.5) is 8.78 Å². The highest BCUT2D eigenvalue weighted by Gasteiger charge is 2.29. The molecule has 130 valence electrons. The maximum atomic E-state index is 13.7. The first kappa shape index (κ1) is 15.9. The number of hydrogen-bond acceptors (Lipinski definition) is 3. The van der Waals surface area contributed by atoms with Crippen molar-refractivity contribution in [3.05, 3.63) is 59.2 Å². The van der Waals surface area contributed by atoms with E-state index in [-0.39, 0.29) is 30.6 Å². The third kappa shape index (κ3) is 3.04. The van der Waals surface area contributed by atoms with Gasteiger partial charge < -0.3 is 14.4 Å². The smallest absolute Gasteiger partial charge is 0.231 e. The predicted molar refractivity (Wildman–Crippen MR) is 86.6 cm³/mol. The maximum absolute atomic E-state index is 13.7. The minimum absolute atomic E-state index is 0.168. The number of benzene rings is 2. The zero-order valence-corrected chi connectivity index (χ0v) is 13.5. The van der Waals surface area contributed by atoms with Crippen molar-refractivity contribution in [3.8, 4) is 11.5 Å². The van der Waals surface area contributed by atoms with Gasteiger partial charge >= 0.3 is 0 Å². The number of rotatable bonds is 3. The highest BCUT2D eigenvalue weighted by atomic mass is 19.1. The van der Waals surface area contributed by atoms with E-state index < -0.39 is 11.6 Å². The second kappa shape index (κ2) is 6.35. The van der Waals surface area contributed by atoms with Crippen molar-refractivity contribution in [1.29, 1.82) is 0 Å². The monoisotopic (exact) mass is 345 g/mol. The molecule has 6 heteroatoms. The summed E-state index contributed by atoms with van der Waals surface area (Å²) in [5, 5.41) is 0. The lowest BCUT2D eigenvalue weighted by Crippen LogP contribution is -2.30. The van der Waals surface area contributed by atoms with Crippen molar-refractivity contribution in [2.45, 2.75) is 18.8 Å². The Morgan fingerprint density at radius 3 is 2.68 bits per heavy atom. The van der Waals surface area contributed by atoms with Crippen molar-refractivity contribution in [3.63, 3.8) is 0 Å². The van der Waals surface area contributed by atoms with Gasteiger partial charge in [0.15, 0.2) is 11.5 Å². The largest absolute Gasteiger partial charge is 0.454 e. The molecule has 0 aromatic heterocycles. The fourth-order valence-corrected chi connectivity index (χ4v) is 3.39. The van der Waals surface area contributed by atoms with Crippen molar-refractivity contribution >= 4 is 5.91 Å². The molecule has 1 atom stereocenters. The second-order valence-electron chi connectivity index (χ2n) is 6.32. The summed E-state index contributed by atoms with van der Waals surface area (Å²) < 4.78 is 38.2. The van der Waals surface area contributed by atoms with Crippen LogP contribution in [0.15, 0.2) is 36.4 Å². The van der Waals surface area contributed by atoms with Crippen molar-refractivity contribution in [1.82, 2.24) is 4.90 Å². The summed E-state index contributed by atoms with van der Waals surface area (Å²) in [4.78, 5) is 14.1. The van der Waals surface area contributed by atoms with Crippen molar-refractivity contribution in [2.75, 3.05) is 19.9 Å². The van der Waals surface area contributed by atoms with E-state index in [4.69, 9.17) is 9.47 Å². The molecule has 1 amide bonds. The Labute approximate surface area is 144 Å². The number of halogens is 2. The fourth-order valence-electron chi connectivity index (χ4n) is 3.39. The third-order valence-corrected chi connectivity index (χ3v) is 4.80. The highest BCUT2D eigenvalue weighted by molar-refractivity contribution is 5.79. The van der Waals surface area contributed by atoms with Gasteiger partial charge in [0.25, 0.3) is 0 Å². The standard InChI is InChI=1S/C19H17F2NO3/c20-15-2-1-3-16(21)14(15)9-19(23)22-7-6-13(10-22)12-4-5-17-18(8-12)25-11-24-17/h1-5,8,13H,6-7,9-11H2. The molecule has 2 aromatic carbocycles. The molecule has 1 saturated heterocycles. The van der Waals surface area contributed by atoms with E-state index in [0.717, 1.165) is 23.5 Å². The summed E-state index contributed by atoms with van der Waals surface area (Å²) >= 11 is 0. The zero-order valence-electron chi connectivity index (χ0n) is 13.5. The van der Waals surface area contributed by atoms with Crippen LogP contribution in [-0.4, -0.2) is 30.7 Å². The Hall–Kier alpha value is -2.63. The van der Waals surface area contributed by atoms with E-state index in [1.54, 1.807) is 4.90 Å². The van der Waals surface area contributed by atoms with Crippen LogP contribution in [-0.2, 0) is 11.2 Å². The Kier molecular flexibility index (Phi) is 4.03. The molecule has 2 aliphatic rings. The number of amides is 1. The Balaban J connectivity index is 1.44. The van der Waals surface area contributed by atoms with Gasteiger partial charge in [0.2, 0.25) is 12.7 Å². The fraction of sp³-hybridized carbons (Fsp3) is 0.316. The minimum atomic E-state index is -0.681. The molecule has 2 aromatic rings. The van der Waals surface area contributed by atoms with Crippen LogP contribution in [0, 0.1) is 11.6 Å². The summed E-state index contributed by atoms with van der Waals surface area (Å²) in [5.41, 5.74) is 0.913. The summed E-state index contributed by atoms with van der Waals surface area (Å²) in [6.45, 7) is 1.34. The summed E-state index contributed by atoms with van der Waals surface area (Å²) in [5.74, 6) is 0.0105. The lowest BCUT2D eigenvalue weighted by atomic mass is 9.98. The number of hydrogen-bond donors (Lipinski definition) is 0. The predicted octanol–water partition coefficient (Wildman–Crippen LogP) is 3.25. The van der Waals surface area contributed by atoms with Gasteiger partial charge in [0.05, 0.1) is 6.42 Å². The molecule has 0 N–H and O–H groups in total. The molecule has 1 fully saturated rings. The molecule has 2 aliphatic heterocycles. The van der Waals surface area contributed by atoms with Gasteiger partial charge in [-0.3, -0.25) is 4.79 Å². The van der Waals surface area contributed by atoms with Gasteiger partial charge in [-0.05, 0) is 36.2 Å². The number of nitrogens with zero attached hydrogens (tertiary/aromatic N) is 1. The number of ether oxygens (including phenoxy) is 2. The molecule has 0 radical (unpaired) electrons. The Morgan fingerprint density at radius 2 is 1.88 bits per heavy atom. The van der Waals surface area contributed by atoms with Crippen LogP contribution in [0.25, 0.3) is 0 Å². The van der Waals surface area contributed by atoms with E-state index >= 15 is 0 Å². The van der Waals surface area contributed by atoms with Gasteiger partial charge in [0, 0.05) is 24.6 Å². The van der Waals surface area contributed by atoms with Crippen LogP contribution in [0.1, 0.15) is 23.5 Å². The van der Waals surface area contributed by atoms with Crippen LogP contribution in [0.3, 0.4) is 0 Å². The molecule has 2 heterocycles. The molecular weight excluding hydrogens is 328 g/mol. The molecule has 0 bridgehead atoms. The minimum Gasteiger partial charge on any atom is -0.454 e. The first-order chi connectivity index (χ1) is 12.1.